The van der Waals surface area contributed by atoms with E-state index in [4.69, 9.17) is 4.42 Å². The number of hydrogen-bond donors (Lipinski definition) is 0. The molecule has 1 unspecified atom stereocenters. The highest BCUT2D eigenvalue weighted by atomic mass is 16.3. The van der Waals surface area contributed by atoms with Gasteiger partial charge in [-0.1, -0.05) is 25.1 Å². The number of benzene rings is 1. The SMILES string of the molecule is CC1CC(=O)c2c(oc3ccccc23)C1. The fraction of sp³-hybridized carbons (Fsp3) is 0.308. The number of para-hydroxylation sites is 1. The van der Waals surface area contributed by atoms with Gasteiger partial charge in [0.2, 0.25) is 0 Å². The molecule has 0 saturated heterocycles. The summed E-state index contributed by atoms with van der Waals surface area (Å²) in [4.78, 5) is 11.9. The molecule has 0 spiro atoms. The largest absolute Gasteiger partial charge is 0.460 e. The fourth-order valence-corrected chi connectivity index (χ4v) is 2.35. The van der Waals surface area contributed by atoms with E-state index in [1.807, 2.05) is 24.3 Å². The van der Waals surface area contributed by atoms with Crippen molar-refractivity contribution in [2.45, 2.75) is 19.8 Å². The van der Waals surface area contributed by atoms with Crippen molar-refractivity contribution in [3.8, 4) is 0 Å². The predicted octanol–water partition coefficient (Wildman–Crippen LogP) is 3.20. The zero-order valence-electron chi connectivity index (χ0n) is 8.62. The minimum absolute atomic E-state index is 0.230. The Morgan fingerprint density at radius 1 is 1.27 bits per heavy atom. The van der Waals surface area contributed by atoms with Crippen molar-refractivity contribution in [3.05, 3.63) is 35.6 Å². The van der Waals surface area contributed by atoms with Gasteiger partial charge in [0.05, 0.1) is 5.56 Å². The van der Waals surface area contributed by atoms with Crippen LogP contribution < -0.4 is 0 Å². The number of fused-ring (bicyclic) bond motifs is 3. The molecule has 1 atom stereocenters. The van der Waals surface area contributed by atoms with Crippen molar-refractivity contribution in [3.63, 3.8) is 0 Å². The quantitative estimate of drug-likeness (QED) is 0.653. The first-order valence-electron chi connectivity index (χ1n) is 5.29. The molecule has 15 heavy (non-hydrogen) atoms. The number of hydrogen-bond acceptors (Lipinski definition) is 2. The maximum Gasteiger partial charge on any atom is 0.167 e. The molecule has 0 saturated carbocycles. The van der Waals surface area contributed by atoms with Crippen LogP contribution in [0.3, 0.4) is 0 Å². The predicted molar refractivity (Wildman–Crippen MR) is 58.0 cm³/mol. The lowest BCUT2D eigenvalue weighted by molar-refractivity contribution is 0.0950. The van der Waals surface area contributed by atoms with E-state index in [2.05, 4.69) is 6.92 Å². The Labute approximate surface area is 87.9 Å². The van der Waals surface area contributed by atoms with Gasteiger partial charge in [-0.3, -0.25) is 4.79 Å². The first-order valence-corrected chi connectivity index (χ1v) is 5.29. The van der Waals surface area contributed by atoms with Gasteiger partial charge in [-0.15, -0.1) is 0 Å². The topological polar surface area (TPSA) is 30.2 Å². The van der Waals surface area contributed by atoms with Crippen LogP contribution in [0.5, 0.6) is 0 Å². The molecule has 3 rings (SSSR count). The van der Waals surface area contributed by atoms with E-state index in [0.717, 1.165) is 28.7 Å². The highest BCUT2D eigenvalue weighted by Crippen LogP contribution is 2.33. The van der Waals surface area contributed by atoms with Crippen LogP contribution in [0.4, 0.5) is 0 Å². The summed E-state index contributed by atoms with van der Waals surface area (Å²) < 4.78 is 5.71. The molecular formula is C13H12O2. The third-order valence-corrected chi connectivity index (χ3v) is 3.01. The summed E-state index contributed by atoms with van der Waals surface area (Å²) in [5, 5.41) is 0.976. The third kappa shape index (κ3) is 1.21. The van der Waals surface area contributed by atoms with Gasteiger partial charge in [-0.25, -0.2) is 0 Å². The van der Waals surface area contributed by atoms with E-state index in [1.54, 1.807) is 0 Å². The van der Waals surface area contributed by atoms with Crippen molar-refractivity contribution < 1.29 is 9.21 Å². The lowest BCUT2D eigenvalue weighted by Gasteiger charge is -2.15. The van der Waals surface area contributed by atoms with Crippen LogP contribution in [0.1, 0.15) is 29.5 Å². The highest BCUT2D eigenvalue weighted by Gasteiger charge is 2.27. The molecule has 76 valence electrons. The van der Waals surface area contributed by atoms with E-state index in [1.165, 1.54) is 0 Å². The van der Waals surface area contributed by atoms with Crippen LogP contribution in [0.15, 0.2) is 28.7 Å². The van der Waals surface area contributed by atoms with Crippen molar-refractivity contribution in [2.24, 2.45) is 5.92 Å². The number of furan rings is 1. The Balaban J connectivity index is 2.32. The van der Waals surface area contributed by atoms with Crippen LogP contribution in [0.25, 0.3) is 11.0 Å². The van der Waals surface area contributed by atoms with Gasteiger partial charge < -0.3 is 4.42 Å². The van der Waals surface area contributed by atoms with Crippen LogP contribution in [0, 0.1) is 5.92 Å². The normalized spacial score (nSPS) is 20.6. The molecule has 2 aromatic rings. The highest BCUT2D eigenvalue weighted by molar-refractivity contribution is 6.09. The zero-order valence-corrected chi connectivity index (χ0v) is 8.62. The number of Topliss-reactive ketones (excluding diaryl/α,β-unsaturated/α-hetero) is 1. The fourth-order valence-electron chi connectivity index (χ4n) is 2.35. The molecule has 0 bridgehead atoms. The molecule has 1 aliphatic rings. The van der Waals surface area contributed by atoms with Crippen LogP contribution in [-0.4, -0.2) is 5.78 Å². The van der Waals surface area contributed by atoms with Crippen molar-refractivity contribution in [1.82, 2.24) is 0 Å². The van der Waals surface area contributed by atoms with Gasteiger partial charge in [0.15, 0.2) is 5.78 Å². The monoisotopic (exact) mass is 200 g/mol. The summed E-state index contributed by atoms with van der Waals surface area (Å²) in [6, 6.07) is 7.77. The molecule has 0 fully saturated rings. The second kappa shape index (κ2) is 2.96. The molecule has 0 radical (unpaired) electrons. The molecule has 0 amide bonds. The average molecular weight is 200 g/mol. The minimum Gasteiger partial charge on any atom is -0.460 e. The first kappa shape index (κ1) is 8.72. The number of carbonyl (C=O) groups is 1. The van der Waals surface area contributed by atoms with Gasteiger partial charge in [-0.05, 0) is 12.0 Å². The van der Waals surface area contributed by atoms with E-state index < -0.39 is 0 Å². The van der Waals surface area contributed by atoms with Gasteiger partial charge in [0.1, 0.15) is 11.3 Å². The minimum atomic E-state index is 0.230. The Hall–Kier alpha value is -1.57. The van der Waals surface area contributed by atoms with Crippen LogP contribution in [0.2, 0.25) is 0 Å². The van der Waals surface area contributed by atoms with E-state index in [0.29, 0.717) is 12.3 Å². The number of rotatable bonds is 0. The molecule has 0 N–H and O–H groups in total. The van der Waals surface area contributed by atoms with Crippen molar-refractivity contribution in [2.75, 3.05) is 0 Å². The maximum absolute atomic E-state index is 11.9. The van der Waals surface area contributed by atoms with E-state index >= 15 is 0 Å². The summed E-state index contributed by atoms with van der Waals surface area (Å²) in [5.74, 6) is 1.51. The summed E-state index contributed by atoms with van der Waals surface area (Å²) >= 11 is 0. The number of ketones is 1. The van der Waals surface area contributed by atoms with Crippen LogP contribution >= 0.6 is 0 Å². The summed E-state index contributed by atoms with van der Waals surface area (Å²) in [5.41, 5.74) is 1.66. The molecular weight excluding hydrogens is 188 g/mol. The smallest absolute Gasteiger partial charge is 0.167 e. The third-order valence-electron chi connectivity index (χ3n) is 3.01. The second-order valence-electron chi connectivity index (χ2n) is 4.33. The van der Waals surface area contributed by atoms with Gasteiger partial charge >= 0.3 is 0 Å². The lowest BCUT2D eigenvalue weighted by Crippen LogP contribution is -2.16. The second-order valence-corrected chi connectivity index (χ2v) is 4.33. The Bertz CT molecular complexity index is 536. The Kier molecular flexibility index (Phi) is 1.72. The molecule has 1 heterocycles. The average Bonchev–Trinajstić information content (AvgIpc) is 2.54. The summed E-state index contributed by atoms with van der Waals surface area (Å²) in [7, 11) is 0. The van der Waals surface area contributed by atoms with Gasteiger partial charge in [0.25, 0.3) is 0 Å². The molecule has 1 aromatic heterocycles. The zero-order chi connectivity index (χ0) is 10.4. The standard InChI is InChI=1S/C13H12O2/c1-8-6-10(14)13-9-4-2-3-5-11(9)15-12(13)7-8/h2-5,8H,6-7H2,1H3. The molecule has 2 nitrogen and oxygen atoms in total. The summed E-state index contributed by atoms with van der Waals surface area (Å²) in [6.07, 6.45) is 1.53. The van der Waals surface area contributed by atoms with Crippen LogP contribution in [-0.2, 0) is 6.42 Å². The van der Waals surface area contributed by atoms with E-state index in [9.17, 15) is 4.79 Å². The summed E-state index contributed by atoms with van der Waals surface area (Å²) in [6.45, 7) is 2.09. The van der Waals surface area contributed by atoms with Gasteiger partial charge in [0, 0.05) is 18.2 Å². The number of carbonyl (C=O) groups excluding carboxylic acids is 1. The molecule has 1 aliphatic carbocycles. The molecule has 2 heteroatoms. The van der Waals surface area contributed by atoms with E-state index in [-0.39, 0.29) is 5.78 Å². The van der Waals surface area contributed by atoms with Crippen molar-refractivity contribution in [1.29, 1.82) is 0 Å². The Morgan fingerprint density at radius 3 is 2.93 bits per heavy atom. The maximum atomic E-state index is 11.9. The lowest BCUT2D eigenvalue weighted by atomic mass is 9.87. The molecule has 0 aliphatic heterocycles. The van der Waals surface area contributed by atoms with Gasteiger partial charge in [-0.2, -0.15) is 0 Å². The Morgan fingerprint density at radius 2 is 2.07 bits per heavy atom. The van der Waals surface area contributed by atoms with Crippen molar-refractivity contribution >= 4 is 16.8 Å². The molecule has 1 aromatic carbocycles. The first-order chi connectivity index (χ1) is 7.25.